The van der Waals surface area contributed by atoms with E-state index in [1.807, 2.05) is 0 Å². The number of thiazole rings is 1. The third-order valence-electron chi connectivity index (χ3n) is 4.55. The van der Waals surface area contributed by atoms with Crippen LogP contribution in [0.15, 0.2) is 46.0 Å². The predicted octanol–water partition coefficient (Wildman–Crippen LogP) is 2.46. The van der Waals surface area contributed by atoms with Crippen LogP contribution in [-0.4, -0.2) is 28.8 Å². The maximum Gasteiger partial charge on any atom is 0.296 e. The molecule has 0 aliphatic rings. The highest BCUT2D eigenvalue weighted by Crippen LogP contribution is 2.28. The van der Waals surface area contributed by atoms with Crippen molar-refractivity contribution in [2.24, 2.45) is 0 Å². The summed E-state index contributed by atoms with van der Waals surface area (Å²) in [5, 5.41) is 4.36. The molecule has 4 rings (SSSR count). The van der Waals surface area contributed by atoms with Crippen LogP contribution >= 0.6 is 22.9 Å². The summed E-state index contributed by atoms with van der Waals surface area (Å²) in [6.45, 7) is 0. The number of hydrogen-bond acceptors (Lipinski definition) is 7. The zero-order valence-electron chi connectivity index (χ0n) is 16.4. The van der Waals surface area contributed by atoms with Crippen molar-refractivity contribution in [1.82, 2.24) is 14.6 Å². The molecule has 0 aliphatic heterocycles. The first-order valence-electron chi connectivity index (χ1n) is 9.00. The van der Waals surface area contributed by atoms with Crippen molar-refractivity contribution in [3.05, 3.63) is 89.3 Å². The minimum atomic E-state index is -0.561. The van der Waals surface area contributed by atoms with Crippen LogP contribution in [-0.2, 0) is 6.42 Å². The molecule has 2 aromatic heterocycles. The molecule has 0 spiro atoms. The van der Waals surface area contributed by atoms with Crippen molar-refractivity contribution in [2.45, 2.75) is 6.42 Å². The third kappa shape index (κ3) is 4.01. The first-order valence-corrected chi connectivity index (χ1v) is 10.2. The zero-order chi connectivity index (χ0) is 22.1. The van der Waals surface area contributed by atoms with E-state index in [-0.39, 0.29) is 32.2 Å². The van der Waals surface area contributed by atoms with Gasteiger partial charge in [-0.3, -0.25) is 9.59 Å². The van der Waals surface area contributed by atoms with Gasteiger partial charge < -0.3 is 9.47 Å². The highest BCUT2D eigenvalue weighted by atomic mass is 35.5. The molecular formula is C21H15ClFN3O4S. The van der Waals surface area contributed by atoms with E-state index in [9.17, 15) is 14.0 Å². The van der Waals surface area contributed by atoms with Crippen LogP contribution in [0.25, 0.3) is 11.0 Å². The minimum Gasteiger partial charge on any atom is -0.493 e. The molecule has 2 aromatic carbocycles. The Morgan fingerprint density at radius 3 is 2.65 bits per heavy atom. The van der Waals surface area contributed by atoms with Gasteiger partial charge in [0.15, 0.2) is 11.5 Å². The van der Waals surface area contributed by atoms with Gasteiger partial charge in [-0.1, -0.05) is 35.1 Å². The fourth-order valence-electron chi connectivity index (χ4n) is 3.02. The van der Waals surface area contributed by atoms with E-state index in [1.165, 1.54) is 38.5 Å². The smallest absolute Gasteiger partial charge is 0.296 e. The van der Waals surface area contributed by atoms with Crippen LogP contribution in [0, 0.1) is 5.82 Å². The summed E-state index contributed by atoms with van der Waals surface area (Å²) >= 11 is 6.98. The number of methoxy groups -OCH3 is 2. The number of nitrogens with zero attached hydrogens (tertiary/aromatic N) is 3. The van der Waals surface area contributed by atoms with E-state index in [2.05, 4.69) is 10.1 Å². The molecular weight excluding hydrogens is 445 g/mol. The second kappa shape index (κ2) is 8.44. The SMILES string of the molecule is COc1ccc(Cc2nn3c(=O)/c(=C\c4c(F)cccc4Cl)sc3nc2=O)cc1OC. The third-order valence-corrected chi connectivity index (χ3v) is 5.83. The van der Waals surface area contributed by atoms with E-state index in [4.69, 9.17) is 21.1 Å². The molecule has 158 valence electrons. The average Bonchev–Trinajstić information content (AvgIpc) is 3.05. The van der Waals surface area contributed by atoms with Gasteiger partial charge in [-0.05, 0) is 35.9 Å². The molecule has 2 heterocycles. The fourth-order valence-corrected chi connectivity index (χ4v) is 4.12. The summed E-state index contributed by atoms with van der Waals surface area (Å²) in [6, 6.07) is 9.44. The number of aromatic nitrogens is 3. The molecule has 0 saturated heterocycles. The lowest BCUT2D eigenvalue weighted by molar-refractivity contribution is 0.354. The monoisotopic (exact) mass is 459 g/mol. The summed E-state index contributed by atoms with van der Waals surface area (Å²) in [7, 11) is 3.04. The highest BCUT2D eigenvalue weighted by molar-refractivity contribution is 7.15. The first kappa shape index (κ1) is 21.0. The Labute approximate surface area is 184 Å². The Morgan fingerprint density at radius 1 is 1.16 bits per heavy atom. The van der Waals surface area contributed by atoms with Crippen LogP contribution in [0.1, 0.15) is 16.8 Å². The fraction of sp³-hybridized carbons (Fsp3) is 0.143. The summed E-state index contributed by atoms with van der Waals surface area (Å²) < 4.78 is 25.8. The quantitative estimate of drug-likeness (QED) is 0.456. The molecule has 0 amide bonds. The lowest BCUT2D eigenvalue weighted by atomic mass is 10.1. The first-order chi connectivity index (χ1) is 14.9. The van der Waals surface area contributed by atoms with Crippen LogP contribution in [0.3, 0.4) is 0 Å². The maximum atomic E-state index is 14.1. The van der Waals surface area contributed by atoms with Gasteiger partial charge in [-0.15, -0.1) is 0 Å². The Morgan fingerprint density at radius 2 is 1.94 bits per heavy atom. The maximum absolute atomic E-state index is 14.1. The van der Waals surface area contributed by atoms with E-state index < -0.39 is 16.9 Å². The van der Waals surface area contributed by atoms with E-state index >= 15 is 0 Å². The van der Waals surface area contributed by atoms with Gasteiger partial charge >= 0.3 is 0 Å². The standard InChI is InChI=1S/C21H15ClFN3O4S/c1-29-16-7-6-11(9-17(16)30-2)8-15-19(27)24-21-26(25-15)20(28)18(31-21)10-12-13(22)4-3-5-14(12)23/h3-7,9-10H,8H2,1-2H3/b18-10+. The molecule has 0 aliphatic carbocycles. The van der Waals surface area contributed by atoms with Gasteiger partial charge in [-0.25, -0.2) is 4.39 Å². The largest absolute Gasteiger partial charge is 0.493 e. The topological polar surface area (TPSA) is 82.8 Å². The van der Waals surface area contributed by atoms with Crippen molar-refractivity contribution in [1.29, 1.82) is 0 Å². The van der Waals surface area contributed by atoms with Crippen molar-refractivity contribution < 1.29 is 13.9 Å². The second-order valence-corrected chi connectivity index (χ2v) is 7.89. The molecule has 0 radical (unpaired) electrons. The summed E-state index contributed by atoms with van der Waals surface area (Å²) in [6.07, 6.45) is 1.47. The molecule has 10 heteroatoms. The molecule has 0 unspecified atom stereocenters. The summed E-state index contributed by atoms with van der Waals surface area (Å²) in [5.41, 5.74) is -0.153. The average molecular weight is 460 g/mol. The normalized spacial score (nSPS) is 11.8. The molecule has 0 bridgehead atoms. The lowest BCUT2D eigenvalue weighted by Crippen LogP contribution is -2.28. The molecule has 4 aromatic rings. The molecule has 0 N–H and O–H groups in total. The van der Waals surface area contributed by atoms with Gasteiger partial charge in [-0.2, -0.15) is 14.6 Å². The zero-order valence-corrected chi connectivity index (χ0v) is 18.0. The van der Waals surface area contributed by atoms with Crippen molar-refractivity contribution in [2.75, 3.05) is 14.2 Å². The molecule has 0 atom stereocenters. The highest BCUT2D eigenvalue weighted by Gasteiger charge is 2.14. The summed E-state index contributed by atoms with van der Waals surface area (Å²) in [4.78, 5) is 29.4. The van der Waals surface area contributed by atoms with E-state index in [0.29, 0.717) is 11.5 Å². The Balaban J connectivity index is 1.79. The number of halogens is 2. The van der Waals surface area contributed by atoms with Gasteiger partial charge in [0.25, 0.3) is 11.1 Å². The van der Waals surface area contributed by atoms with Crippen LogP contribution in [0.4, 0.5) is 4.39 Å². The van der Waals surface area contributed by atoms with Crippen LogP contribution < -0.4 is 25.1 Å². The van der Waals surface area contributed by atoms with Gasteiger partial charge in [0.2, 0.25) is 4.96 Å². The van der Waals surface area contributed by atoms with Gasteiger partial charge in [0.05, 0.1) is 23.8 Å². The molecule has 0 saturated carbocycles. The lowest BCUT2D eigenvalue weighted by Gasteiger charge is -2.09. The van der Waals surface area contributed by atoms with Gasteiger partial charge in [0, 0.05) is 12.0 Å². The molecule has 7 nitrogen and oxygen atoms in total. The Kier molecular flexibility index (Phi) is 5.71. The Hall–Kier alpha value is -3.30. The minimum absolute atomic E-state index is 0.0846. The molecule has 0 fully saturated rings. The van der Waals surface area contributed by atoms with Crippen molar-refractivity contribution in [3.63, 3.8) is 0 Å². The van der Waals surface area contributed by atoms with Crippen LogP contribution in [0.2, 0.25) is 5.02 Å². The Bertz CT molecular complexity index is 1450. The van der Waals surface area contributed by atoms with E-state index in [1.54, 1.807) is 18.2 Å². The number of hydrogen-bond donors (Lipinski definition) is 0. The van der Waals surface area contributed by atoms with Crippen molar-refractivity contribution >= 4 is 34.0 Å². The van der Waals surface area contributed by atoms with Crippen molar-refractivity contribution in [3.8, 4) is 11.5 Å². The number of benzene rings is 2. The predicted molar refractivity (Wildman–Crippen MR) is 116 cm³/mol. The summed E-state index contributed by atoms with van der Waals surface area (Å²) in [5.74, 6) is 0.498. The van der Waals surface area contributed by atoms with E-state index in [0.717, 1.165) is 21.4 Å². The number of fused-ring (bicyclic) bond motifs is 1. The second-order valence-electron chi connectivity index (χ2n) is 6.48. The van der Waals surface area contributed by atoms with Crippen LogP contribution in [0.5, 0.6) is 11.5 Å². The number of ether oxygens (including phenoxy) is 2. The number of rotatable bonds is 5. The van der Waals surface area contributed by atoms with Gasteiger partial charge in [0.1, 0.15) is 11.5 Å². The molecule has 31 heavy (non-hydrogen) atoms.